The summed E-state index contributed by atoms with van der Waals surface area (Å²) in [6, 6.07) is 10.7. The third kappa shape index (κ3) is 7.27. The molecule has 16 heteroatoms. The van der Waals surface area contributed by atoms with Crippen LogP contribution in [0.15, 0.2) is 63.9 Å². The summed E-state index contributed by atoms with van der Waals surface area (Å²) >= 11 is 0. The number of carbonyl (C=O) groups is 3. The van der Waals surface area contributed by atoms with Gasteiger partial charge in [-0.25, -0.2) is 14.8 Å². The second-order valence-corrected chi connectivity index (χ2v) is 11.0. The van der Waals surface area contributed by atoms with E-state index in [0.29, 0.717) is 5.56 Å². The van der Waals surface area contributed by atoms with Crippen molar-refractivity contribution in [3.05, 3.63) is 88.3 Å². The number of anilines is 1. The minimum absolute atomic E-state index is 0.0177. The van der Waals surface area contributed by atoms with Crippen LogP contribution in [0.4, 0.5) is 23.7 Å². The highest BCUT2D eigenvalue weighted by atomic mass is 19.4. The van der Waals surface area contributed by atoms with E-state index in [1.54, 1.807) is 44.2 Å². The maximum Gasteiger partial charge on any atom is 0.433 e. The lowest BCUT2D eigenvalue weighted by Crippen LogP contribution is -2.46. The number of carbonyl (C=O) groups excluding carboxylic acids is 3. The molecule has 0 fully saturated rings. The summed E-state index contributed by atoms with van der Waals surface area (Å²) in [6.45, 7) is 5.74. The summed E-state index contributed by atoms with van der Waals surface area (Å²) in [5, 5.41) is 12.5. The Hall–Kier alpha value is -5.41. The Morgan fingerprint density at radius 1 is 1.00 bits per heavy atom. The first-order valence-electron chi connectivity index (χ1n) is 13.9. The van der Waals surface area contributed by atoms with Crippen molar-refractivity contribution in [1.82, 2.24) is 30.0 Å². The number of ketones is 1. The number of methoxy groups -OCH3 is 1. The van der Waals surface area contributed by atoms with Crippen LogP contribution in [0.3, 0.4) is 0 Å². The second kappa shape index (κ2) is 13.3. The molecular weight excluding hydrogens is 611 g/mol. The Labute approximate surface area is 260 Å². The van der Waals surface area contributed by atoms with Gasteiger partial charge < -0.3 is 14.5 Å². The molecule has 4 rings (SSSR count). The van der Waals surface area contributed by atoms with Crippen LogP contribution in [0.5, 0.6) is 0 Å². The Morgan fingerprint density at radius 2 is 1.67 bits per heavy atom. The zero-order valence-corrected chi connectivity index (χ0v) is 25.4. The number of hydrogen-bond donors (Lipinski definition) is 2. The van der Waals surface area contributed by atoms with Gasteiger partial charge in [-0.05, 0) is 31.9 Å². The van der Waals surface area contributed by atoms with E-state index in [-0.39, 0.29) is 23.1 Å². The molecule has 0 aliphatic heterocycles. The first kappa shape index (κ1) is 33.5. The maximum absolute atomic E-state index is 13.5. The van der Waals surface area contributed by atoms with E-state index < -0.39 is 65.0 Å². The summed E-state index contributed by atoms with van der Waals surface area (Å²) in [5.41, 5.74) is -2.93. The van der Waals surface area contributed by atoms with Crippen molar-refractivity contribution in [2.75, 3.05) is 12.4 Å². The number of aromatic nitrogens is 5. The predicted molar refractivity (Wildman–Crippen MR) is 157 cm³/mol. The highest BCUT2D eigenvalue weighted by Gasteiger charge is 2.38. The van der Waals surface area contributed by atoms with Crippen LogP contribution < -0.4 is 16.2 Å². The summed E-state index contributed by atoms with van der Waals surface area (Å²) in [5.74, 6) is -2.55. The molecule has 0 unspecified atom stereocenters. The van der Waals surface area contributed by atoms with E-state index in [1.165, 1.54) is 26.0 Å². The molecule has 4 aromatic rings. The van der Waals surface area contributed by atoms with Crippen LogP contribution in [0, 0.1) is 5.92 Å². The van der Waals surface area contributed by atoms with Gasteiger partial charge in [-0.2, -0.15) is 13.2 Å². The molecule has 0 radical (unpaired) electrons. The number of nitrogens with zero attached hydrogens (tertiary/aromatic N) is 5. The lowest BCUT2D eigenvalue weighted by Gasteiger charge is -2.21. The van der Waals surface area contributed by atoms with Crippen molar-refractivity contribution in [3.8, 4) is 11.4 Å². The van der Waals surface area contributed by atoms with Crippen LogP contribution in [0.25, 0.3) is 11.4 Å². The lowest BCUT2D eigenvalue weighted by molar-refractivity contribution is -0.141. The third-order valence-corrected chi connectivity index (χ3v) is 6.92. The van der Waals surface area contributed by atoms with Crippen molar-refractivity contribution in [2.45, 2.75) is 51.9 Å². The molecule has 2 N–H and O–H groups in total. The fourth-order valence-corrected chi connectivity index (χ4v) is 4.36. The first-order valence-corrected chi connectivity index (χ1v) is 13.9. The molecule has 2 amide bonds. The number of pyridine rings is 1. The number of benzene rings is 1. The van der Waals surface area contributed by atoms with E-state index in [2.05, 4.69) is 35.5 Å². The van der Waals surface area contributed by atoms with Crippen molar-refractivity contribution < 1.29 is 36.7 Å². The molecule has 0 aliphatic carbocycles. The van der Waals surface area contributed by atoms with Crippen molar-refractivity contribution in [3.63, 3.8) is 0 Å². The maximum atomic E-state index is 13.5. The Morgan fingerprint density at radius 3 is 2.30 bits per heavy atom. The van der Waals surface area contributed by atoms with Gasteiger partial charge >= 0.3 is 12.3 Å². The second-order valence-electron chi connectivity index (χ2n) is 11.0. The van der Waals surface area contributed by atoms with Gasteiger partial charge in [0, 0.05) is 5.56 Å². The minimum atomic E-state index is -4.67. The average Bonchev–Trinajstić information content (AvgIpc) is 3.53. The Balaban J connectivity index is 1.60. The molecule has 3 aromatic heterocycles. The van der Waals surface area contributed by atoms with Crippen LogP contribution >= 0.6 is 0 Å². The molecule has 1 aromatic carbocycles. The molecule has 13 nitrogen and oxygen atoms in total. The number of Topliss-reactive ketones (excluding diaryl/α,β-unsaturated/α-hetero) is 1. The van der Waals surface area contributed by atoms with Crippen LogP contribution in [0.2, 0.25) is 0 Å². The standard InChI is InChI=1S/C30H30F3N7O6/c1-16(2)22(23(42)25-38-39-27(46-25)29(3,4)19-12-9-13-20(36-19)30(31,32)33)37-21(41)15-40-24(17-10-7-6-8-11-17)34-14-18(26(40)43)35-28(44)45-5/h6-14,16,22H,15H2,1-5H3,(H,35,44)(H,37,41)/t22-/m0/s1. The number of alkyl halides is 3. The molecule has 3 heterocycles. The van der Waals surface area contributed by atoms with Gasteiger partial charge in [0.2, 0.25) is 17.6 Å². The number of rotatable bonds is 10. The highest BCUT2D eigenvalue weighted by Crippen LogP contribution is 2.33. The molecule has 0 bridgehead atoms. The van der Waals surface area contributed by atoms with Crippen molar-refractivity contribution >= 4 is 23.5 Å². The van der Waals surface area contributed by atoms with Crippen molar-refractivity contribution in [2.24, 2.45) is 5.92 Å². The number of hydrogen-bond acceptors (Lipinski definition) is 10. The van der Waals surface area contributed by atoms with E-state index in [0.717, 1.165) is 23.9 Å². The molecule has 46 heavy (non-hydrogen) atoms. The quantitative estimate of drug-likeness (QED) is 0.239. The molecule has 1 atom stereocenters. The largest absolute Gasteiger partial charge is 0.453 e. The lowest BCUT2D eigenvalue weighted by atomic mass is 9.88. The SMILES string of the molecule is COC(=O)Nc1cnc(-c2ccccc2)n(CC(=O)N[C@H](C(=O)c2nnc(C(C)(C)c3cccc(C(F)(F)F)n3)o2)C(C)C)c1=O. The molecule has 0 saturated heterocycles. The zero-order valence-electron chi connectivity index (χ0n) is 25.4. The molecule has 0 spiro atoms. The summed E-state index contributed by atoms with van der Waals surface area (Å²) in [4.78, 5) is 59.8. The monoisotopic (exact) mass is 641 g/mol. The van der Waals surface area contributed by atoms with E-state index in [1.807, 2.05) is 0 Å². The van der Waals surface area contributed by atoms with Gasteiger partial charge in [0.25, 0.3) is 11.4 Å². The van der Waals surface area contributed by atoms with E-state index >= 15 is 0 Å². The summed E-state index contributed by atoms with van der Waals surface area (Å²) in [7, 11) is 1.12. The van der Waals surface area contributed by atoms with Crippen LogP contribution in [-0.4, -0.2) is 55.7 Å². The molecule has 0 aliphatic rings. The number of amides is 2. The molecule has 0 saturated carbocycles. The van der Waals surface area contributed by atoms with Gasteiger partial charge in [-0.3, -0.25) is 24.3 Å². The predicted octanol–water partition coefficient (Wildman–Crippen LogP) is 4.24. The van der Waals surface area contributed by atoms with Gasteiger partial charge in [0.15, 0.2) is 0 Å². The van der Waals surface area contributed by atoms with Gasteiger partial charge in [-0.1, -0.05) is 50.2 Å². The third-order valence-electron chi connectivity index (χ3n) is 6.92. The average molecular weight is 642 g/mol. The van der Waals surface area contributed by atoms with Gasteiger partial charge in [0.05, 0.1) is 30.5 Å². The minimum Gasteiger partial charge on any atom is -0.453 e. The summed E-state index contributed by atoms with van der Waals surface area (Å²) < 4.78 is 51.0. The van der Waals surface area contributed by atoms with Crippen LogP contribution in [0.1, 0.15) is 55.7 Å². The van der Waals surface area contributed by atoms with Crippen LogP contribution in [-0.2, 0) is 27.7 Å². The Bertz CT molecular complexity index is 1800. The molecular formula is C30H30F3N7O6. The fraction of sp³-hybridized carbons (Fsp3) is 0.333. The normalized spacial score (nSPS) is 12.5. The first-order chi connectivity index (χ1) is 21.6. The zero-order chi connectivity index (χ0) is 33.8. The van der Waals surface area contributed by atoms with Crippen molar-refractivity contribution in [1.29, 1.82) is 0 Å². The van der Waals surface area contributed by atoms with Gasteiger partial charge in [-0.15, -0.1) is 10.2 Å². The van der Waals surface area contributed by atoms with E-state index in [9.17, 15) is 32.3 Å². The molecule has 242 valence electrons. The Kier molecular flexibility index (Phi) is 9.68. The van der Waals surface area contributed by atoms with Gasteiger partial charge in [0.1, 0.15) is 23.8 Å². The summed E-state index contributed by atoms with van der Waals surface area (Å²) in [6.07, 6.45) is -4.45. The topological polar surface area (TPSA) is 171 Å². The number of halogens is 3. The smallest absolute Gasteiger partial charge is 0.433 e. The number of nitrogens with one attached hydrogen (secondary N) is 2. The number of ether oxygens (including phenoxy) is 1. The highest BCUT2D eigenvalue weighted by molar-refractivity contribution is 5.98. The fourth-order valence-electron chi connectivity index (χ4n) is 4.36. The van der Waals surface area contributed by atoms with E-state index in [4.69, 9.17) is 4.42 Å².